The van der Waals surface area contributed by atoms with E-state index in [-0.39, 0.29) is 11.9 Å². The number of likely N-dealkylation sites (tertiary alicyclic amines) is 1. The minimum absolute atomic E-state index is 0.0407. The van der Waals surface area contributed by atoms with Crippen LogP contribution in [0, 0.1) is 0 Å². The lowest BCUT2D eigenvalue weighted by Gasteiger charge is -2.28. The van der Waals surface area contributed by atoms with Gasteiger partial charge in [-0.1, -0.05) is 0 Å². The summed E-state index contributed by atoms with van der Waals surface area (Å²) in [6.07, 6.45) is 2.28. The Balaban J connectivity index is 2.54. The average molecular weight is 185 g/mol. The van der Waals surface area contributed by atoms with Gasteiger partial charge in [-0.25, -0.2) is 0 Å². The molecule has 0 aromatic rings. The maximum atomic E-state index is 11.4. The van der Waals surface area contributed by atoms with Gasteiger partial charge in [0.2, 0.25) is 5.91 Å². The molecule has 0 saturated carbocycles. The summed E-state index contributed by atoms with van der Waals surface area (Å²) in [5, 5.41) is 2.66. The number of likely N-dealkylation sites (N-methyl/N-ethyl adjacent to an activating group) is 1. The number of nitrogens with one attached hydrogen (secondary N) is 1. The van der Waals surface area contributed by atoms with Crippen molar-refractivity contribution in [1.82, 2.24) is 10.2 Å². The van der Waals surface area contributed by atoms with Crippen molar-refractivity contribution in [3.05, 3.63) is 0 Å². The Labute approximate surface area is 79.5 Å². The van der Waals surface area contributed by atoms with E-state index in [4.69, 9.17) is 5.73 Å². The molecule has 1 aliphatic heterocycles. The third kappa shape index (κ3) is 2.19. The van der Waals surface area contributed by atoms with Crippen LogP contribution in [0.2, 0.25) is 0 Å². The van der Waals surface area contributed by atoms with Crippen LogP contribution in [0.3, 0.4) is 0 Å². The highest BCUT2D eigenvalue weighted by molar-refractivity contribution is 5.81. The number of nitrogens with two attached hydrogens (primary N) is 1. The van der Waals surface area contributed by atoms with Crippen molar-refractivity contribution < 1.29 is 4.79 Å². The molecule has 1 aliphatic rings. The normalized spacial score (nSPS) is 25.9. The molecule has 1 saturated heterocycles. The molecule has 3 N–H and O–H groups in total. The van der Waals surface area contributed by atoms with Gasteiger partial charge >= 0.3 is 0 Å². The first kappa shape index (κ1) is 10.5. The SMILES string of the molecule is CNC(=O)C(C)N1CCCC1CN. The number of hydrogen-bond acceptors (Lipinski definition) is 3. The molecule has 0 aliphatic carbocycles. The van der Waals surface area contributed by atoms with Gasteiger partial charge in [0.15, 0.2) is 0 Å². The van der Waals surface area contributed by atoms with Gasteiger partial charge < -0.3 is 11.1 Å². The molecule has 2 atom stereocenters. The molecular weight excluding hydrogens is 166 g/mol. The molecule has 0 bridgehead atoms. The predicted molar refractivity (Wildman–Crippen MR) is 52.3 cm³/mol. The average Bonchev–Trinajstić information content (AvgIpc) is 2.62. The predicted octanol–water partition coefficient (Wildman–Crippen LogP) is -0.456. The number of nitrogens with zero attached hydrogens (tertiary/aromatic N) is 1. The fourth-order valence-electron chi connectivity index (χ4n) is 1.98. The largest absolute Gasteiger partial charge is 0.358 e. The van der Waals surface area contributed by atoms with Gasteiger partial charge in [-0.3, -0.25) is 9.69 Å². The Bertz CT molecular complexity index is 184. The summed E-state index contributed by atoms with van der Waals surface area (Å²) in [5.41, 5.74) is 5.63. The monoisotopic (exact) mass is 185 g/mol. The smallest absolute Gasteiger partial charge is 0.236 e. The molecule has 1 heterocycles. The lowest BCUT2D eigenvalue weighted by molar-refractivity contribution is -0.125. The van der Waals surface area contributed by atoms with Gasteiger partial charge in [0.1, 0.15) is 0 Å². The molecule has 4 heteroatoms. The van der Waals surface area contributed by atoms with E-state index < -0.39 is 0 Å². The molecule has 0 aromatic heterocycles. The van der Waals surface area contributed by atoms with Crippen LogP contribution in [0.4, 0.5) is 0 Å². The van der Waals surface area contributed by atoms with Crippen molar-refractivity contribution in [1.29, 1.82) is 0 Å². The number of hydrogen-bond donors (Lipinski definition) is 2. The van der Waals surface area contributed by atoms with E-state index in [1.807, 2.05) is 6.92 Å². The minimum Gasteiger partial charge on any atom is -0.358 e. The second kappa shape index (κ2) is 4.58. The van der Waals surface area contributed by atoms with Crippen LogP contribution in [0.15, 0.2) is 0 Å². The van der Waals surface area contributed by atoms with E-state index in [2.05, 4.69) is 10.2 Å². The second-order valence-electron chi connectivity index (χ2n) is 3.56. The molecule has 1 rings (SSSR count). The summed E-state index contributed by atoms with van der Waals surface area (Å²) in [6, 6.07) is 0.355. The van der Waals surface area contributed by atoms with Crippen molar-refractivity contribution in [2.45, 2.75) is 31.8 Å². The van der Waals surface area contributed by atoms with Gasteiger partial charge in [-0.2, -0.15) is 0 Å². The van der Waals surface area contributed by atoms with Crippen LogP contribution >= 0.6 is 0 Å². The summed E-state index contributed by atoms with van der Waals surface area (Å²) in [7, 11) is 1.67. The first-order valence-electron chi connectivity index (χ1n) is 4.88. The van der Waals surface area contributed by atoms with Gasteiger partial charge in [-0.15, -0.1) is 0 Å². The summed E-state index contributed by atoms with van der Waals surface area (Å²) in [6.45, 7) is 3.59. The third-order valence-electron chi connectivity index (χ3n) is 2.82. The molecule has 0 aromatic carbocycles. The highest BCUT2D eigenvalue weighted by atomic mass is 16.2. The van der Waals surface area contributed by atoms with E-state index in [1.54, 1.807) is 7.05 Å². The Kier molecular flexibility index (Phi) is 3.69. The van der Waals surface area contributed by atoms with Crippen LogP contribution in [0.1, 0.15) is 19.8 Å². The molecule has 76 valence electrons. The first-order chi connectivity index (χ1) is 6.20. The van der Waals surface area contributed by atoms with Gasteiger partial charge in [0, 0.05) is 19.6 Å². The van der Waals surface area contributed by atoms with Crippen LogP contribution in [0.5, 0.6) is 0 Å². The van der Waals surface area contributed by atoms with E-state index in [9.17, 15) is 4.79 Å². The van der Waals surface area contributed by atoms with Gasteiger partial charge in [-0.05, 0) is 26.3 Å². The van der Waals surface area contributed by atoms with E-state index in [1.165, 1.54) is 0 Å². The number of carbonyl (C=O) groups is 1. The van der Waals surface area contributed by atoms with Crippen molar-refractivity contribution in [2.75, 3.05) is 20.1 Å². The molecule has 1 amide bonds. The molecule has 4 nitrogen and oxygen atoms in total. The summed E-state index contributed by atoms with van der Waals surface area (Å²) < 4.78 is 0. The van der Waals surface area contributed by atoms with Crippen molar-refractivity contribution in [3.8, 4) is 0 Å². The maximum Gasteiger partial charge on any atom is 0.236 e. The van der Waals surface area contributed by atoms with Crippen molar-refractivity contribution >= 4 is 5.91 Å². The number of amides is 1. The lowest BCUT2D eigenvalue weighted by atomic mass is 10.2. The fourth-order valence-corrected chi connectivity index (χ4v) is 1.98. The Hall–Kier alpha value is -0.610. The molecule has 0 spiro atoms. The zero-order valence-corrected chi connectivity index (χ0v) is 8.42. The minimum atomic E-state index is -0.0407. The maximum absolute atomic E-state index is 11.4. The van der Waals surface area contributed by atoms with Crippen molar-refractivity contribution in [3.63, 3.8) is 0 Å². The standard InChI is InChI=1S/C9H19N3O/c1-7(9(13)11-2)12-5-3-4-8(12)6-10/h7-8H,3-6,10H2,1-2H3,(H,11,13). The highest BCUT2D eigenvalue weighted by Gasteiger charge is 2.30. The zero-order chi connectivity index (χ0) is 9.84. The Morgan fingerprint density at radius 1 is 1.77 bits per heavy atom. The summed E-state index contributed by atoms with van der Waals surface area (Å²) in [5.74, 6) is 0.0837. The fraction of sp³-hybridized carbons (Fsp3) is 0.889. The van der Waals surface area contributed by atoms with Gasteiger partial charge in [0.05, 0.1) is 6.04 Å². The quantitative estimate of drug-likeness (QED) is 0.626. The van der Waals surface area contributed by atoms with Gasteiger partial charge in [0.25, 0.3) is 0 Å². The first-order valence-corrected chi connectivity index (χ1v) is 4.88. The molecule has 13 heavy (non-hydrogen) atoms. The molecule has 0 radical (unpaired) electrons. The van der Waals surface area contributed by atoms with E-state index >= 15 is 0 Å². The van der Waals surface area contributed by atoms with E-state index in [0.717, 1.165) is 19.4 Å². The van der Waals surface area contributed by atoms with Crippen LogP contribution < -0.4 is 11.1 Å². The molecule has 1 fully saturated rings. The molecular formula is C9H19N3O. The second-order valence-corrected chi connectivity index (χ2v) is 3.56. The third-order valence-corrected chi connectivity index (χ3v) is 2.82. The Morgan fingerprint density at radius 3 is 3.00 bits per heavy atom. The van der Waals surface area contributed by atoms with Crippen LogP contribution in [0.25, 0.3) is 0 Å². The summed E-state index contributed by atoms with van der Waals surface area (Å²) in [4.78, 5) is 13.6. The summed E-state index contributed by atoms with van der Waals surface area (Å²) >= 11 is 0. The Morgan fingerprint density at radius 2 is 2.46 bits per heavy atom. The zero-order valence-electron chi connectivity index (χ0n) is 8.42. The number of rotatable bonds is 3. The van der Waals surface area contributed by atoms with Crippen molar-refractivity contribution in [2.24, 2.45) is 5.73 Å². The van der Waals surface area contributed by atoms with Crippen LogP contribution in [-0.2, 0) is 4.79 Å². The van der Waals surface area contributed by atoms with Crippen LogP contribution in [-0.4, -0.2) is 43.0 Å². The number of carbonyl (C=O) groups excluding carboxylic acids is 1. The highest BCUT2D eigenvalue weighted by Crippen LogP contribution is 2.18. The topological polar surface area (TPSA) is 58.4 Å². The van der Waals surface area contributed by atoms with E-state index in [0.29, 0.717) is 12.6 Å². The molecule has 2 unspecified atom stereocenters. The lowest BCUT2D eigenvalue weighted by Crippen LogP contribution is -2.48.